The third-order valence-corrected chi connectivity index (χ3v) is 4.95. The van der Waals surface area contributed by atoms with E-state index in [0.29, 0.717) is 5.88 Å². The van der Waals surface area contributed by atoms with Crippen molar-refractivity contribution in [1.82, 2.24) is 9.97 Å². The number of amides is 1. The molecule has 0 fully saturated rings. The lowest BCUT2D eigenvalue weighted by Gasteiger charge is -2.09. The molecule has 134 valence electrons. The molecule has 4 aromatic rings. The van der Waals surface area contributed by atoms with Crippen molar-refractivity contribution in [2.24, 2.45) is 0 Å². The number of rotatable bonds is 5. The number of nitrogens with zero attached hydrogens (tertiary/aromatic N) is 2. The Morgan fingerprint density at radius 2 is 1.96 bits per heavy atom. The second kappa shape index (κ2) is 7.55. The van der Waals surface area contributed by atoms with E-state index in [0.717, 1.165) is 32.6 Å². The zero-order valence-corrected chi connectivity index (χ0v) is 15.5. The van der Waals surface area contributed by atoms with Gasteiger partial charge in [-0.2, -0.15) is 0 Å². The lowest BCUT2D eigenvalue weighted by atomic mass is 10.1. The molecule has 0 unspecified atom stereocenters. The summed E-state index contributed by atoms with van der Waals surface area (Å²) in [5.74, 6) is 0.184. The molecule has 4 rings (SSSR count). The molecule has 6 heteroatoms. The first-order valence-electron chi connectivity index (χ1n) is 8.47. The third-order valence-electron chi connectivity index (χ3n) is 4.06. The number of aromatic nitrogens is 2. The Morgan fingerprint density at radius 1 is 1.11 bits per heavy atom. The highest BCUT2D eigenvalue weighted by molar-refractivity contribution is 7.17. The molecule has 2 aromatic carbocycles. The molecule has 5 nitrogen and oxygen atoms in total. The first-order valence-corrected chi connectivity index (χ1v) is 9.35. The van der Waals surface area contributed by atoms with Crippen LogP contribution in [0.1, 0.15) is 5.56 Å². The molecule has 0 bridgehead atoms. The van der Waals surface area contributed by atoms with Crippen LogP contribution in [0.25, 0.3) is 21.3 Å². The molecule has 0 aliphatic rings. The van der Waals surface area contributed by atoms with Crippen molar-refractivity contribution in [1.29, 1.82) is 0 Å². The van der Waals surface area contributed by atoms with Gasteiger partial charge in [-0.05, 0) is 30.2 Å². The molecule has 0 radical (unpaired) electrons. The molecule has 1 N–H and O–H groups in total. The van der Waals surface area contributed by atoms with Gasteiger partial charge in [0.1, 0.15) is 11.2 Å². The Labute approximate surface area is 160 Å². The highest BCUT2D eigenvalue weighted by Gasteiger charge is 2.15. The average molecular weight is 375 g/mol. The number of carbonyl (C=O) groups is 1. The Hall–Kier alpha value is -3.25. The lowest BCUT2D eigenvalue weighted by Crippen LogP contribution is -2.20. The molecule has 0 aliphatic heterocycles. The predicted octanol–water partition coefficient (Wildman–Crippen LogP) is 4.68. The smallest absolute Gasteiger partial charge is 0.262 e. The highest BCUT2D eigenvalue weighted by atomic mass is 32.1. The van der Waals surface area contributed by atoms with Crippen LogP contribution < -0.4 is 10.1 Å². The molecule has 0 saturated heterocycles. The number of aryl methyl sites for hydroxylation is 1. The highest BCUT2D eigenvalue weighted by Crippen LogP contribution is 2.37. The van der Waals surface area contributed by atoms with E-state index in [1.165, 1.54) is 17.7 Å². The summed E-state index contributed by atoms with van der Waals surface area (Å²) in [7, 11) is 0. The summed E-state index contributed by atoms with van der Waals surface area (Å²) in [6.07, 6.45) is 1.46. The van der Waals surface area contributed by atoms with Crippen molar-refractivity contribution in [2.45, 2.75) is 6.92 Å². The minimum absolute atomic E-state index is 0.121. The van der Waals surface area contributed by atoms with Crippen LogP contribution >= 0.6 is 11.3 Å². The van der Waals surface area contributed by atoms with E-state index in [2.05, 4.69) is 15.3 Å². The van der Waals surface area contributed by atoms with Crippen LogP contribution in [0.3, 0.4) is 0 Å². The Balaban J connectivity index is 1.55. The van der Waals surface area contributed by atoms with Gasteiger partial charge >= 0.3 is 0 Å². The van der Waals surface area contributed by atoms with E-state index in [1.54, 1.807) is 0 Å². The van der Waals surface area contributed by atoms with Gasteiger partial charge in [-0.1, -0.05) is 42.5 Å². The Bertz CT molecular complexity index is 1090. The van der Waals surface area contributed by atoms with E-state index in [9.17, 15) is 4.79 Å². The zero-order valence-electron chi connectivity index (χ0n) is 14.7. The summed E-state index contributed by atoms with van der Waals surface area (Å²) in [4.78, 5) is 21.7. The maximum absolute atomic E-state index is 12.2. The molecular weight excluding hydrogens is 358 g/mol. The maximum Gasteiger partial charge on any atom is 0.262 e. The number of anilines is 1. The van der Waals surface area contributed by atoms with Crippen LogP contribution in [-0.2, 0) is 4.79 Å². The largest absolute Gasteiger partial charge is 0.467 e. The minimum atomic E-state index is -0.233. The van der Waals surface area contributed by atoms with Gasteiger partial charge < -0.3 is 10.1 Å². The van der Waals surface area contributed by atoms with E-state index in [-0.39, 0.29) is 12.5 Å². The van der Waals surface area contributed by atoms with E-state index in [1.807, 2.05) is 66.9 Å². The lowest BCUT2D eigenvalue weighted by molar-refractivity contribution is -0.118. The van der Waals surface area contributed by atoms with Gasteiger partial charge in [-0.15, -0.1) is 11.3 Å². The molecule has 0 spiro atoms. The number of thiophene rings is 1. The molecule has 1 amide bonds. The van der Waals surface area contributed by atoms with Crippen LogP contribution in [0, 0.1) is 6.92 Å². The summed E-state index contributed by atoms with van der Waals surface area (Å²) >= 11 is 1.53. The number of fused-ring (bicyclic) bond motifs is 1. The van der Waals surface area contributed by atoms with Crippen molar-refractivity contribution < 1.29 is 9.53 Å². The van der Waals surface area contributed by atoms with Crippen molar-refractivity contribution in [3.8, 4) is 17.0 Å². The summed E-state index contributed by atoms with van der Waals surface area (Å²) in [6, 6.07) is 17.6. The average Bonchev–Trinajstić information content (AvgIpc) is 3.12. The minimum Gasteiger partial charge on any atom is -0.467 e. The van der Waals surface area contributed by atoms with Crippen LogP contribution in [-0.4, -0.2) is 22.5 Å². The van der Waals surface area contributed by atoms with Gasteiger partial charge in [0.15, 0.2) is 6.61 Å². The molecule has 0 aliphatic carbocycles. The number of ether oxygens (including phenoxy) is 1. The number of benzene rings is 2. The molecule has 27 heavy (non-hydrogen) atoms. The maximum atomic E-state index is 12.2. The van der Waals surface area contributed by atoms with Crippen molar-refractivity contribution in [3.63, 3.8) is 0 Å². The summed E-state index contributed by atoms with van der Waals surface area (Å²) < 4.78 is 5.75. The SMILES string of the molecule is Cc1cccc(NC(=O)COc2ncnc3scc(-c4ccccc4)c23)c1. The molecule has 0 atom stereocenters. The number of nitrogens with one attached hydrogen (secondary N) is 1. The Morgan fingerprint density at radius 3 is 2.78 bits per heavy atom. The standard InChI is InChI=1S/C21H17N3O2S/c1-14-6-5-9-16(10-14)24-18(25)11-26-20-19-17(15-7-3-2-4-8-15)12-27-21(19)23-13-22-20/h2-10,12-13H,11H2,1H3,(H,24,25). The first kappa shape index (κ1) is 17.2. The van der Waals surface area contributed by atoms with E-state index in [4.69, 9.17) is 4.74 Å². The van der Waals surface area contributed by atoms with Gasteiger partial charge in [0, 0.05) is 16.6 Å². The number of hydrogen-bond acceptors (Lipinski definition) is 5. The van der Waals surface area contributed by atoms with Gasteiger partial charge in [0.05, 0.1) is 5.39 Å². The summed E-state index contributed by atoms with van der Waals surface area (Å²) in [5, 5.41) is 5.70. The molecule has 2 heterocycles. The predicted molar refractivity (Wildman–Crippen MR) is 108 cm³/mol. The fourth-order valence-electron chi connectivity index (χ4n) is 2.84. The normalized spacial score (nSPS) is 10.7. The summed E-state index contributed by atoms with van der Waals surface area (Å²) in [6.45, 7) is 1.86. The molecular formula is C21H17N3O2S. The van der Waals surface area contributed by atoms with Gasteiger partial charge in [-0.3, -0.25) is 4.79 Å². The Kier molecular flexibility index (Phi) is 4.80. The second-order valence-electron chi connectivity index (χ2n) is 6.08. The van der Waals surface area contributed by atoms with Crippen LogP contribution in [0.2, 0.25) is 0 Å². The van der Waals surface area contributed by atoms with Gasteiger partial charge in [-0.25, -0.2) is 9.97 Å². The van der Waals surface area contributed by atoms with Crippen molar-refractivity contribution in [2.75, 3.05) is 11.9 Å². The van der Waals surface area contributed by atoms with Crippen molar-refractivity contribution in [3.05, 3.63) is 71.9 Å². The van der Waals surface area contributed by atoms with Gasteiger partial charge in [0.2, 0.25) is 5.88 Å². The van der Waals surface area contributed by atoms with Crippen LogP contribution in [0.4, 0.5) is 5.69 Å². The number of carbonyl (C=O) groups excluding carboxylic acids is 1. The van der Waals surface area contributed by atoms with Crippen molar-refractivity contribution >= 4 is 33.1 Å². The first-order chi connectivity index (χ1) is 13.2. The van der Waals surface area contributed by atoms with Crippen LogP contribution in [0.5, 0.6) is 5.88 Å². The second-order valence-corrected chi connectivity index (χ2v) is 6.94. The topological polar surface area (TPSA) is 64.1 Å². The number of hydrogen-bond donors (Lipinski definition) is 1. The monoisotopic (exact) mass is 375 g/mol. The fourth-order valence-corrected chi connectivity index (χ4v) is 3.75. The summed E-state index contributed by atoms with van der Waals surface area (Å²) in [5.41, 5.74) is 3.90. The zero-order chi connectivity index (χ0) is 18.6. The van der Waals surface area contributed by atoms with Gasteiger partial charge in [0.25, 0.3) is 5.91 Å². The fraction of sp³-hybridized carbons (Fsp3) is 0.0952. The van der Waals surface area contributed by atoms with E-state index >= 15 is 0 Å². The molecule has 2 aromatic heterocycles. The quantitative estimate of drug-likeness (QED) is 0.550. The molecule has 0 saturated carbocycles. The van der Waals surface area contributed by atoms with Crippen LogP contribution in [0.15, 0.2) is 66.3 Å². The third kappa shape index (κ3) is 3.80. The van der Waals surface area contributed by atoms with E-state index < -0.39 is 0 Å².